The van der Waals surface area contributed by atoms with Gasteiger partial charge in [-0.3, -0.25) is 9.59 Å². The summed E-state index contributed by atoms with van der Waals surface area (Å²) in [5.74, 6) is -1.12. The number of hydrogen-bond acceptors (Lipinski definition) is 6. The van der Waals surface area contributed by atoms with Crippen molar-refractivity contribution in [3.63, 3.8) is 0 Å². The highest BCUT2D eigenvalue weighted by Gasteiger charge is 2.07. The number of carbonyl (C=O) groups excluding carboxylic acids is 3. The Morgan fingerprint density at radius 2 is 1.68 bits per heavy atom. The molecule has 0 atom stereocenters. The minimum Gasteiger partial charge on any atom is -0.504 e. The molecule has 28 heavy (non-hydrogen) atoms. The Morgan fingerprint density at radius 3 is 2.29 bits per heavy atom. The summed E-state index contributed by atoms with van der Waals surface area (Å²) in [4.78, 5) is 34.5. The van der Waals surface area contributed by atoms with Gasteiger partial charge in [-0.25, -0.2) is 4.79 Å². The van der Waals surface area contributed by atoms with E-state index in [0.29, 0.717) is 16.9 Å². The molecule has 2 rings (SSSR count). The second-order valence-electron chi connectivity index (χ2n) is 5.68. The van der Waals surface area contributed by atoms with E-state index in [-0.39, 0.29) is 17.4 Å². The van der Waals surface area contributed by atoms with Gasteiger partial charge in [0.15, 0.2) is 18.1 Å². The molecule has 0 heterocycles. The van der Waals surface area contributed by atoms with Crippen molar-refractivity contribution in [1.29, 1.82) is 0 Å². The van der Waals surface area contributed by atoms with E-state index < -0.39 is 18.5 Å². The molecule has 0 saturated carbocycles. The van der Waals surface area contributed by atoms with Gasteiger partial charge in [-0.1, -0.05) is 6.07 Å². The van der Waals surface area contributed by atoms with Crippen LogP contribution in [0.3, 0.4) is 0 Å². The number of phenols is 1. The predicted octanol–water partition coefficient (Wildman–Crippen LogP) is 2.55. The van der Waals surface area contributed by atoms with Gasteiger partial charge in [0.05, 0.1) is 7.11 Å². The van der Waals surface area contributed by atoms with Crippen molar-refractivity contribution >= 4 is 35.2 Å². The lowest BCUT2D eigenvalue weighted by Crippen LogP contribution is -2.20. The van der Waals surface area contributed by atoms with E-state index in [1.165, 1.54) is 32.3 Å². The third-order valence-electron chi connectivity index (χ3n) is 3.45. The van der Waals surface area contributed by atoms with Crippen LogP contribution in [-0.4, -0.2) is 36.6 Å². The molecule has 2 aromatic rings. The molecule has 3 N–H and O–H groups in total. The van der Waals surface area contributed by atoms with Crippen LogP contribution in [-0.2, 0) is 19.1 Å². The van der Waals surface area contributed by atoms with Crippen LogP contribution < -0.4 is 15.4 Å². The van der Waals surface area contributed by atoms with E-state index in [1.807, 2.05) is 0 Å². The largest absolute Gasteiger partial charge is 0.504 e. The number of rotatable bonds is 7. The quantitative estimate of drug-likeness (QED) is 0.499. The normalized spacial score (nSPS) is 10.4. The van der Waals surface area contributed by atoms with Crippen molar-refractivity contribution in [3.05, 3.63) is 54.1 Å². The third-order valence-corrected chi connectivity index (χ3v) is 3.45. The third kappa shape index (κ3) is 6.49. The summed E-state index contributed by atoms with van der Waals surface area (Å²) in [5, 5.41) is 14.7. The van der Waals surface area contributed by atoms with E-state index >= 15 is 0 Å². The van der Waals surface area contributed by atoms with Crippen molar-refractivity contribution in [2.24, 2.45) is 0 Å². The van der Waals surface area contributed by atoms with Gasteiger partial charge in [-0.15, -0.1) is 0 Å². The van der Waals surface area contributed by atoms with Crippen LogP contribution in [0.4, 0.5) is 11.4 Å². The summed E-state index contributed by atoms with van der Waals surface area (Å²) >= 11 is 0. The van der Waals surface area contributed by atoms with Gasteiger partial charge in [0, 0.05) is 24.4 Å². The highest BCUT2D eigenvalue weighted by molar-refractivity contribution is 5.95. The molecule has 0 bridgehead atoms. The monoisotopic (exact) mass is 384 g/mol. The summed E-state index contributed by atoms with van der Waals surface area (Å²) in [7, 11) is 1.42. The number of ether oxygens (including phenoxy) is 2. The minimum atomic E-state index is -0.691. The molecule has 0 unspecified atom stereocenters. The lowest BCUT2D eigenvalue weighted by Gasteiger charge is -2.07. The van der Waals surface area contributed by atoms with Crippen molar-refractivity contribution in [2.75, 3.05) is 24.4 Å². The zero-order valence-corrected chi connectivity index (χ0v) is 15.4. The Hall–Kier alpha value is -3.81. The lowest BCUT2D eigenvalue weighted by molar-refractivity contribution is -0.142. The van der Waals surface area contributed by atoms with E-state index in [1.54, 1.807) is 36.4 Å². The number of amides is 2. The SMILES string of the molecule is COc1cc(C=CC(=O)OCC(=O)Nc2ccc(NC(C)=O)cc2)ccc1O. The molecule has 0 aliphatic rings. The van der Waals surface area contributed by atoms with Crippen LogP contribution >= 0.6 is 0 Å². The number of aromatic hydroxyl groups is 1. The first-order chi connectivity index (χ1) is 13.4. The Kier molecular flexibility index (Phi) is 7.15. The zero-order valence-electron chi connectivity index (χ0n) is 15.4. The van der Waals surface area contributed by atoms with E-state index in [2.05, 4.69) is 10.6 Å². The molecule has 2 aromatic carbocycles. The van der Waals surface area contributed by atoms with Crippen LogP contribution in [0, 0.1) is 0 Å². The highest BCUT2D eigenvalue weighted by atomic mass is 16.5. The number of hydrogen-bond donors (Lipinski definition) is 3. The number of anilines is 2. The fourth-order valence-corrected chi connectivity index (χ4v) is 2.18. The van der Waals surface area contributed by atoms with Crippen molar-refractivity contribution in [3.8, 4) is 11.5 Å². The molecule has 0 aliphatic heterocycles. The Labute approximate surface area is 161 Å². The number of nitrogens with one attached hydrogen (secondary N) is 2. The number of carbonyl (C=O) groups is 3. The average Bonchev–Trinajstić information content (AvgIpc) is 2.67. The topological polar surface area (TPSA) is 114 Å². The van der Waals surface area contributed by atoms with Gasteiger partial charge in [0.1, 0.15) is 0 Å². The molecule has 0 fully saturated rings. The summed E-state index contributed by atoms with van der Waals surface area (Å²) in [5.41, 5.74) is 1.73. The van der Waals surface area contributed by atoms with E-state index in [0.717, 1.165) is 0 Å². The molecule has 146 valence electrons. The fourth-order valence-electron chi connectivity index (χ4n) is 2.18. The average molecular weight is 384 g/mol. The van der Waals surface area contributed by atoms with Gasteiger partial charge >= 0.3 is 5.97 Å². The molecule has 8 nitrogen and oxygen atoms in total. The minimum absolute atomic E-state index is 0.0102. The number of esters is 1. The maximum atomic E-state index is 11.8. The van der Waals surface area contributed by atoms with Crippen LogP contribution in [0.25, 0.3) is 6.08 Å². The highest BCUT2D eigenvalue weighted by Crippen LogP contribution is 2.26. The van der Waals surface area contributed by atoms with Crippen molar-refractivity contribution in [2.45, 2.75) is 6.92 Å². The molecular formula is C20H20N2O6. The van der Waals surface area contributed by atoms with Crippen LogP contribution in [0.15, 0.2) is 48.5 Å². The van der Waals surface area contributed by atoms with Crippen molar-refractivity contribution in [1.82, 2.24) is 0 Å². The van der Waals surface area contributed by atoms with Gasteiger partial charge in [-0.2, -0.15) is 0 Å². The maximum absolute atomic E-state index is 11.8. The van der Waals surface area contributed by atoms with E-state index in [4.69, 9.17) is 9.47 Å². The summed E-state index contributed by atoms with van der Waals surface area (Å²) < 4.78 is 9.86. The Balaban J connectivity index is 1.82. The first-order valence-electron chi connectivity index (χ1n) is 8.26. The number of methoxy groups -OCH3 is 1. The van der Waals surface area contributed by atoms with E-state index in [9.17, 15) is 19.5 Å². The van der Waals surface area contributed by atoms with Gasteiger partial charge < -0.3 is 25.2 Å². The smallest absolute Gasteiger partial charge is 0.331 e. The lowest BCUT2D eigenvalue weighted by atomic mass is 10.2. The summed E-state index contributed by atoms with van der Waals surface area (Å²) in [6.07, 6.45) is 2.64. The van der Waals surface area contributed by atoms with Gasteiger partial charge in [0.25, 0.3) is 5.91 Å². The van der Waals surface area contributed by atoms with Crippen LogP contribution in [0.5, 0.6) is 11.5 Å². The first-order valence-corrected chi connectivity index (χ1v) is 8.26. The molecule has 0 radical (unpaired) electrons. The predicted molar refractivity (Wildman–Crippen MR) is 104 cm³/mol. The van der Waals surface area contributed by atoms with Gasteiger partial charge in [-0.05, 0) is 48.0 Å². The number of benzene rings is 2. The van der Waals surface area contributed by atoms with Crippen molar-refractivity contribution < 1.29 is 29.0 Å². The van der Waals surface area contributed by atoms with Gasteiger partial charge in [0.2, 0.25) is 5.91 Å². The summed E-state index contributed by atoms with van der Waals surface area (Å²) in [6.45, 7) is 0.951. The molecular weight excluding hydrogens is 364 g/mol. The molecule has 2 amide bonds. The Morgan fingerprint density at radius 1 is 1.04 bits per heavy atom. The fraction of sp³-hybridized carbons (Fsp3) is 0.150. The first kappa shape index (κ1) is 20.5. The Bertz CT molecular complexity index is 890. The second-order valence-corrected chi connectivity index (χ2v) is 5.68. The standard InChI is InChI=1S/C20H20N2O6/c1-13(23)21-15-5-7-16(8-6-15)22-19(25)12-28-20(26)10-4-14-3-9-17(24)18(11-14)27-2/h3-11,24H,12H2,1-2H3,(H,21,23)(H,22,25). The molecule has 0 aliphatic carbocycles. The molecule has 0 spiro atoms. The zero-order chi connectivity index (χ0) is 20.5. The molecule has 8 heteroatoms. The molecule has 0 aromatic heterocycles. The maximum Gasteiger partial charge on any atom is 0.331 e. The summed E-state index contributed by atoms with van der Waals surface area (Å²) in [6, 6.07) is 11.1. The number of phenolic OH excluding ortho intramolecular Hbond substituents is 1. The van der Waals surface area contributed by atoms with Crippen LogP contribution in [0.1, 0.15) is 12.5 Å². The van der Waals surface area contributed by atoms with Crippen LogP contribution in [0.2, 0.25) is 0 Å². The molecule has 0 saturated heterocycles. The second kappa shape index (κ2) is 9.77.